The molecule has 1 aromatic carbocycles. The smallest absolute Gasteiger partial charge is 0.0942 e. The lowest BCUT2D eigenvalue weighted by atomic mass is 10.00. The van der Waals surface area contributed by atoms with Crippen molar-refractivity contribution in [2.45, 2.75) is 58.8 Å². The van der Waals surface area contributed by atoms with E-state index in [9.17, 15) is 5.11 Å². The van der Waals surface area contributed by atoms with Crippen LogP contribution in [-0.2, 0) is 0 Å². The molecule has 2 heteroatoms. The van der Waals surface area contributed by atoms with Gasteiger partial charge >= 0.3 is 0 Å². The van der Waals surface area contributed by atoms with E-state index in [0.29, 0.717) is 12.1 Å². The zero-order chi connectivity index (χ0) is 13.0. The summed E-state index contributed by atoms with van der Waals surface area (Å²) >= 11 is 0. The molecule has 1 rings (SSSR count). The van der Waals surface area contributed by atoms with E-state index in [2.05, 4.69) is 39.5 Å². The van der Waals surface area contributed by atoms with Gasteiger partial charge in [-0.3, -0.25) is 4.90 Å². The summed E-state index contributed by atoms with van der Waals surface area (Å²) in [5.41, 5.74) is 0.992. The van der Waals surface area contributed by atoms with Crippen LogP contribution in [0.1, 0.15) is 46.3 Å². The maximum absolute atomic E-state index is 10.4. The second-order valence-electron chi connectivity index (χ2n) is 5.23. The highest BCUT2D eigenvalue weighted by atomic mass is 16.3. The molecule has 0 aliphatic carbocycles. The molecule has 0 aliphatic rings. The first-order chi connectivity index (χ1) is 7.95. The van der Waals surface area contributed by atoms with Crippen LogP contribution in [0.25, 0.3) is 0 Å². The Balaban J connectivity index is 2.84. The van der Waals surface area contributed by atoms with Crippen LogP contribution < -0.4 is 0 Å². The largest absolute Gasteiger partial charge is 0.387 e. The summed E-state index contributed by atoms with van der Waals surface area (Å²) < 4.78 is 0. The van der Waals surface area contributed by atoms with Crippen molar-refractivity contribution in [2.75, 3.05) is 0 Å². The molecule has 1 N–H and O–H groups in total. The Labute approximate surface area is 105 Å². The predicted molar refractivity (Wildman–Crippen MR) is 73.0 cm³/mol. The molecule has 0 aliphatic heterocycles. The van der Waals surface area contributed by atoms with Crippen molar-refractivity contribution in [1.82, 2.24) is 4.90 Å². The van der Waals surface area contributed by atoms with Crippen LogP contribution in [0.3, 0.4) is 0 Å². The normalized spacial score (nSPS) is 15.6. The molecule has 0 fully saturated rings. The number of aliphatic hydroxyl groups excluding tert-OH is 1. The van der Waals surface area contributed by atoms with Gasteiger partial charge in [-0.05, 0) is 40.2 Å². The minimum absolute atomic E-state index is 0.123. The Kier molecular flexibility index (Phi) is 5.16. The third kappa shape index (κ3) is 3.55. The number of rotatable bonds is 5. The third-order valence-electron chi connectivity index (χ3n) is 3.26. The van der Waals surface area contributed by atoms with Crippen LogP contribution in [0.5, 0.6) is 0 Å². The van der Waals surface area contributed by atoms with Gasteiger partial charge < -0.3 is 5.11 Å². The molecular weight excluding hydrogens is 210 g/mol. The lowest BCUT2D eigenvalue weighted by Crippen LogP contribution is -2.46. The number of nitrogens with zero attached hydrogens (tertiary/aromatic N) is 1. The molecule has 0 bridgehead atoms. The molecule has 0 saturated carbocycles. The van der Waals surface area contributed by atoms with E-state index in [1.807, 2.05) is 30.3 Å². The minimum Gasteiger partial charge on any atom is -0.387 e. The van der Waals surface area contributed by atoms with E-state index < -0.39 is 6.10 Å². The summed E-state index contributed by atoms with van der Waals surface area (Å²) in [5.74, 6) is 0. The summed E-state index contributed by atoms with van der Waals surface area (Å²) in [6, 6.07) is 10.9. The van der Waals surface area contributed by atoms with Gasteiger partial charge in [0.05, 0.1) is 6.10 Å². The summed E-state index contributed by atoms with van der Waals surface area (Å²) in [6.07, 6.45) is -0.430. The Morgan fingerprint density at radius 3 is 1.76 bits per heavy atom. The van der Waals surface area contributed by atoms with Gasteiger partial charge in [-0.25, -0.2) is 0 Å². The number of benzene rings is 1. The first-order valence-electron chi connectivity index (χ1n) is 6.45. The van der Waals surface area contributed by atoms with E-state index in [0.717, 1.165) is 5.56 Å². The fourth-order valence-corrected chi connectivity index (χ4v) is 2.63. The maximum Gasteiger partial charge on any atom is 0.0942 e. The molecule has 0 amide bonds. The quantitative estimate of drug-likeness (QED) is 0.847. The molecule has 96 valence electrons. The van der Waals surface area contributed by atoms with Crippen LogP contribution in [0.2, 0.25) is 0 Å². The first kappa shape index (κ1) is 14.2. The molecular formula is C15H25NO. The summed E-state index contributed by atoms with van der Waals surface area (Å²) in [6.45, 7) is 10.8. The number of hydrogen-bond donors (Lipinski definition) is 1. The van der Waals surface area contributed by atoms with E-state index in [1.165, 1.54) is 0 Å². The second-order valence-corrected chi connectivity index (χ2v) is 5.23. The summed E-state index contributed by atoms with van der Waals surface area (Å²) in [5, 5.41) is 10.4. The molecule has 0 aromatic heterocycles. The SMILES string of the molecule is CC(C)N(C(C)C)C(C)C(O)c1ccccc1. The topological polar surface area (TPSA) is 23.5 Å². The molecule has 0 radical (unpaired) electrons. The van der Waals surface area contributed by atoms with Gasteiger partial charge in [0.2, 0.25) is 0 Å². The van der Waals surface area contributed by atoms with Crippen LogP contribution >= 0.6 is 0 Å². The van der Waals surface area contributed by atoms with Crippen LogP contribution in [0.15, 0.2) is 30.3 Å². The van der Waals surface area contributed by atoms with Gasteiger partial charge in [-0.1, -0.05) is 30.3 Å². The van der Waals surface area contributed by atoms with Gasteiger partial charge in [0.25, 0.3) is 0 Å². The van der Waals surface area contributed by atoms with Gasteiger partial charge in [0.15, 0.2) is 0 Å². The molecule has 1 aromatic rings. The van der Waals surface area contributed by atoms with Crippen LogP contribution in [-0.4, -0.2) is 28.1 Å². The van der Waals surface area contributed by atoms with Crippen molar-refractivity contribution in [3.05, 3.63) is 35.9 Å². The molecule has 0 spiro atoms. The second kappa shape index (κ2) is 6.18. The number of aliphatic hydroxyl groups is 1. The lowest BCUT2D eigenvalue weighted by Gasteiger charge is -2.38. The standard InChI is InChI=1S/C15H25NO/c1-11(2)16(12(3)4)13(5)15(17)14-9-7-6-8-10-14/h6-13,15,17H,1-5H3. The minimum atomic E-state index is -0.430. The molecule has 17 heavy (non-hydrogen) atoms. The Morgan fingerprint density at radius 2 is 1.35 bits per heavy atom. The van der Waals surface area contributed by atoms with E-state index >= 15 is 0 Å². The van der Waals surface area contributed by atoms with Gasteiger partial charge in [-0.15, -0.1) is 0 Å². The fourth-order valence-electron chi connectivity index (χ4n) is 2.63. The molecule has 0 heterocycles. The fraction of sp³-hybridized carbons (Fsp3) is 0.600. The van der Waals surface area contributed by atoms with Crippen molar-refractivity contribution in [3.8, 4) is 0 Å². The van der Waals surface area contributed by atoms with Gasteiger partial charge in [-0.2, -0.15) is 0 Å². The highest BCUT2D eigenvalue weighted by molar-refractivity contribution is 5.18. The van der Waals surface area contributed by atoms with Crippen molar-refractivity contribution in [1.29, 1.82) is 0 Å². The zero-order valence-electron chi connectivity index (χ0n) is 11.6. The van der Waals surface area contributed by atoms with Gasteiger partial charge in [0, 0.05) is 18.1 Å². The highest BCUT2D eigenvalue weighted by Gasteiger charge is 2.26. The molecule has 0 saturated heterocycles. The molecule has 2 unspecified atom stereocenters. The van der Waals surface area contributed by atoms with E-state index in [1.54, 1.807) is 0 Å². The third-order valence-corrected chi connectivity index (χ3v) is 3.26. The monoisotopic (exact) mass is 235 g/mol. The van der Waals surface area contributed by atoms with E-state index in [4.69, 9.17) is 0 Å². The van der Waals surface area contributed by atoms with Crippen LogP contribution in [0.4, 0.5) is 0 Å². The van der Waals surface area contributed by atoms with Crippen molar-refractivity contribution >= 4 is 0 Å². The summed E-state index contributed by atoms with van der Waals surface area (Å²) in [4.78, 5) is 2.34. The van der Waals surface area contributed by atoms with Crippen molar-refractivity contribution in [3.63, 3.8) is 0 Å². The first-order valence-corrected chi connectivity index (χ1v) is 6.45. The van der Waals surface area contributed by atoms with Crippen LogP contribution in [0, 0.1) is 0 Å². The lowest BCUT2D eigenvalue weighted by molar-refractivity contribution is 0.0210. The average Bonchev–Trinajstić information content (AvgIpc) is 2.28. The number of hydrogen-bond acceptors (Lipinski definition) is 2. The van der Waals surface area contributed by atoms with Gasteiger partial charge in [0.1, 0.15) is 0 Å². The van der Waals surface area contributed by atoms with E-state index in [-0.39, 0.29) is 6.04 Å². The summed E-state index contributed by atoms with van der Waals surface area (Å²) in [7, 11) is 0. The Morgan fingerprint density at radius 1 is 0.882 bits per heavy atom. The Bertz CT molecular complexity index is 313. The molecule has 2 nitrogen and oxygen atoms in total. The predicted octanol–water partition coefficient (Wildman–Crippen LogP) is 3.23. The van der Waals surface area contributed by atoms with Crippen molar-refractivity contribution in [2.24, 2.45) is 0 Å². The van der Waals surface area contributed by atoms with Crippen molar-refractivity contribution < 1.29 is 5.11 Å². The Hall–Kier alpha value is -0.860. The zero-order valence-corrected chi connectivity index (χ0v) is 11.6. The molecule has 2 atom stereocenters. The highest BCUT2D eigenvalue weighted by Crippen LogP contribution is 2.23. The maximum atomic E-state index is 10.4. The average molecular weight is 235 g/mol.